The van der Waals surface area contributed by atoms with Crippen molar-refractivity contribution in [3.05, 3.63) is 30.1 Å². The Hall–Kier alpha value is -0.970. The van der Waals surface area contributed by atoms with E-state index in [-0.39, 0.29) is 23.7 Å². The number of aliphatic hydroxyl groups is 1. The summed E-state index contributed by atoms with van der Waals surface area (Å²) in [5.74, 6) is 0. The number of nitrogens with one attached hydrogen (secondary N) is 1. The van der Waals surface area contributed by atoms with E-state index in [0.29, 0.717) is 0 Å². The van der Waals surface area contributed by atoms with Crippen molar-refractivity contribution in [1.29, 1.82) is 0 Å². The van der Waals surface area contributed by atoms with Gasteiger partial charge in [0.25, 0.3) is 0 Å². The van der Waals surface area contributed by atoms with Crippen LogP contribution < -0.4 is 5.32 Å². The lowest BCUT2D eigenvalue weighted by Crippen LogP contribution is -2.73. The Balaban J connectivity index is 2.01. The smallest absolute Gasteiger partial charge is 0.0663 e. The van der Waals surface area contributed by atoms with Crippen molar-refractivity contribution in [3.8, 4) is 0 Å². The highest BCUT2D eigenvalue weighted by atomic mass is 16.5. The van der Waals surface area contributed by atoms with E-state index in [9.17, 15) is 5.11 Å². The molecule has 0 aliphatic heterocycles. The zero-order valence-electron chi connectivity index (χ0n) is 12.0. The highest BCUT2D eigenvalue weighted by molar-refractivity contribution is 5.17. The third-order valence-corrected chi connectivity index (χ3v) is 4.56. The lowest BCUT2D eigenvalue weighted by molar-refractivity contribution is -0.177. The lowest BCUT2D eigenvalue weighted by atomic mass is 9.54. The van der Waals surface area contributed by atoms with Crippen molar-refractivity contribution < 1.29 is 9.84 Å². The molecule has 0 saturated heterocycles. The average molecular weight is 264 g/mol. The molecule has 0 spiro atoms. The molecule has 4 heteroatoms. The van der Waals surface area contributed by atoms with Gasteiger partial charge in [0.2, 0.25) is 0 Å². The van der Waals surface area contributed by atoms with Crippen LogP contribution in [0.25, 0.3) is 0 Å². The van der Waals surface area contributed by atoms with Gasteiger partial charge in [-0.2, -0.15) is 0 Å². The zero-order chi connectivity index (χ0) is 13.9. The van der Waals surface area contributed by atoms with Crippen LogP contribution >= 0.6 is 0 Å². The highest BCUT2D eigenvalue weighted by Gasteiger charge is 2.60. The highest BCUT2D eigenvalue weighted by Crippen LogP contribution is 2.51. The van der Waals surface area contributed by atoms with Crippen molar-refractivity contribution >= 4 is 0 Å². The third-order valence-electron chi connectivity index (χ3n) is 4.56. The van der Waals surface area contributed by atoms with Gasteiger partial charge in [-0.3, -0.25) is 4.98 Å². The fraction of sp³-hybridized carbons (Fsp3) is 0.667. The molecular weight excluding hydrogens is 240 g/mol. The molecule has 1 aromatic heterocycles. The van der Waals surface area contributed by atoms with E-state index >= 15 is 0 Å². The molecule has 1 saturated carbocycles. The van der Waals surface area contributed by atoms with Crippen molar-refractivity contribution in [2.24, 2.45) is 5.41 Å². The fourth-order valence-corrected chi connectivity index (χ4v) is 2.88. The molecule has 1 aromatic rings. The molecule has 0 bridgehead atoms. The molecule has 2 N–H and O–H groups in total. The molecule has 2 rings (SSSR count). The number of pyridine rings is 1. The Bertz CT molecular complexity index is 408. The topological polar surface area (TPSA) is 54.4 Å². The van der Waals surface area contributed by atoms with Gasteiger partial charge in [0.1, 0.15) is 0 Å². The Morgan fingerprint density at radius 1 is 1.53 bits per heavy atom. The minimum Gasteiger partial charge on any atom is -0.394 e. The van der Waals surface area contributed by atoms with Crippen molar-refractivity contribution in [1.82, 2.24) is 10.3 Å². The second-order valence-corrected chi connectivity index (χ2v) is 5.82. The van der Waals surface area contributed by atoms with Crippen molar-refractivity contribution in [3.63, 3.8) is 0 Å². The minimum absolute atomic E-state index is 0.0695. The Morgan fingerprint density at radius 2 is 2.32 bits per heavy atom. The molecule has 2 atom stereocenters. The molecule has 0 aromatic carbocycles. The molecule has 1 heterocycles. The van der Waals surface area contributed by atoms with Gasteiger partial charge in [-0.1, -0.05) is 19.9 Å². The predicted molar refractivity (Wildman–Crippen MR) is 74.7 cm³/mol. The van der Waals surface area contributed by atoms with Crippen LogP contribution in [0.15, 0.2) is 24.5 Å². The number of hydrogen-bond donors (Lipinski definition) is 2. The molecule has 4 nitrogen and oxygen atoms in total. The summed E-state index contributed by atoms with van der Waals surface area (Å²) in [7, 11) is 0. The Labute approximate surface area is 115 Å². The predicted octanol–water partition coefficient (Wildman–Crippen LogP) is 1.74. The summed E-state index contributed by atoms with van der Waals surface area (Å²) >= 11 is 0. The van der Waals surface area contributed by atoms with Crippen LogP contribution in [0.1, 0.15) is 32.8 Å². The van der Waals surface area contributed by atoms with Crippen LogP contribution in [0, 0.1) is 5.41 Å². The van der Waals surface area contributed by atoms with E-state index in [2.05, 4.69) is 24.1 Å². The van der Waals surface area contributed by atoms with Gasteiger partial charge in [0, 0.05) is 31.0 Å². The van der Waals surface area contributed by atoms with Crippen LogP contribution in [0.4, 0.5) is 0 Å². The Kier molecular flexibility index (Phi) is 4.23. The molecule has 1 aliphatic rings. The van der Waals surface area contributed by atoms with E-state index in [0.717, 1.165) is 25.1 Å². The van der Waals surface area contributed by atoms with E-state index < -0.39 is 0 Å². The number of aliphatic hydroxyl groups excluding tert-OH is 1. The minimum atomic E-state index is -0.261. The maximum Gasteiger partial charge on any atom is 0.0663 e. The molecule has 1 fully saturated rings. The van der Waals surface area contributed by atoms with Crippen molar-refractivity contribution in [2.75, 3.05) is 13.2 Å². The number of rotatable bonds is 6. The van der Waals surface area contributed by atoms with Gasteiger partial charge in [0.15, 0.2) is 0 Å². The first-order valence-corrected chi connectivity index (χ1v) is 6.92. The number of hydrogen-bond acceptors (Lipinski definition) is 4. The van der Waals surface area contributed by atoms with E-state index in [1.165, 1.54) is 0 Å². The number of nitrogens with zero attached hydrogens (tertiary/aromatic N) is 1. The van der Waals surface area contributed by atoms with Crippen LogP contribution in [-0.4, -0.2) is 34.9 Å². The van der Waals surface area contributed by atoms with Crippen molar-refractivity contribution in [2.45, 2.75) is 45.4 Å². The monoisotopic (exact) mass is 264 g/mol. The SMILES string of the molecule is CCO[C@@H]1C[C@](CO)(NCc2cccnc2)C1(C)C. The van der Waals surface area contributed by atoms with Gasteiger partial charge >= 0.3 is 0 Å². The number of aromatic nitrogens is 1. The summed E-state index contributed by atoms with van der Waals surface area (Å²) in [5.41, 5.74) is 0.800. The normalized spacial score (nSPS) is 28.9. The largest absolute Gasteiger partial charge is 0.394 e. The Morgan fingerprint density at radius 3 is 2.84 bits per heavy atom. The fourth-order valence-electron chi connectivity index (χ4n) is 2.88. The molecule has 19 heavy (non-hydrogen) atoms. The maximum atomic E-state index is 9.80. The lowest BCUT2D eigenvalue weighted by Gasteiger charge is -2.60. The summed E-state index contributed by atoms with van der Waals surface area (Å²) in [6, 6.07) is 3.97. The van der Waals surface area contributed by atoms with Gasteiger partial charge < -0.3 is 15.2 Å². The summed E-state index contributed by atoms with van der Waals surface area (Å²) in [6.45, 7) is 7.89. The van der Waals surface area contributed by atoms with E-state index in [1.807, 2.05) is 25.3 Å². The van der Waals surface area contributed by atoms with Gasteiger partial charge in [-0.05, 0) is 25.0 Å². The molecule has 0 amide bonds. The molecular formula is C15H24N2O2. The maximum absolute atomic E-state index is 9.80. The van der Waals surface area contributed by atoms with Gasteiger partial charge in [-0.15, -0.1) is 0 Å². The van der Waals surface area contributed by atoms with E-state index in [1.54, 1.807) is 6.20 Å². The standard InChI is InChI=1S/C15H24N2O2/c1-4-19-13-8-15(11-18,14(13,2)3)17-10-12-6-5-7-16-9-12/h5-7,9,13,17-18H,4,8,10-11H2,1-3H3/t13-,15-/m1/s1. The van der Waals surface area contributed by atoms with Gasteiger partial charge in [-0.25, -0.2) is 0 Å². The van der Waals surface area contributed by atoms with Gasteiger partial charge in [0.05, 0.1) is 18.2 Å². The summed E-state index contributed by atoms with van der Waals surface area (Å²) in [6.07, 6.45) is 4.68. The van der Waals surface area contributed by atoms with Crippen LogP contribution in [0.3, 0.4) is 0 Å². The summed E-state index contributed by atoms with van der Waals surface area (Å²) < 4.78 is 5.74. The quantitative estimate of drug-likeness (QED) is 0.821. The third kappa shape index (κ3) is 2.53. The van der Waals surface area contributed by atoms with Crippen LogP contribution in [-0.2, 0) is 11.3 Å². The summed E-state index contributed by atoms with van der Waals surface area (Å²) in [4.78, 5) is 4.11. The molecule has 106 valence electrons. The van der Waals surface area contributed by atoms with Crippen LogP contribution in [0.5, 0.6) is 0 Å². The first-order valence-electron chi connectivity index (χ1n) is 6.92. The second-order valence-electron chi connectivity index (χ2n) is 5.82. The molecule has 0 radical (unpaired) electrons. The first kappa shape index (κ1) is 14.4. The summed E-state index contributed by atoms with van der Waals surface area (Å²) in [5, 5.41) is 13.3. The van der Waals surface area contributed by atoms with E-state index in [4.69, 9.17) is 4.74 Å². The number of ether oxygens (including phenoxy) is 1. The molecule has 0 unspecified atom stereocenters. The average Bonchev–Trinajstić information content (AvgIpc) is 2.43. The first-order chi connectivity index (χ1) is 9.05. The second kappa shape index (κ2) is 5.57. The van der Waals surface area contributed by atoms with Crippen LogP contribution in [0.2, 0.25) is 0 Å². The molecule has 1 aliphatic carbocycles. The zero-order valence-corrected chi connectivity index (χ0v) is 12.0.